The van der Waals surface area contributed by atoms with Crippen molar-refractivity contribution in [1.29, 1.82) is 0 Å². The lowest BCUT2D eigenvalue weighted by Gasteiger charge is -2.37. The fraction of sp³-hybridized carbons (Fsp3) is 1.00. The molecule has 0 spiro atoms. The van der Waals surface area contributed by atoms with Gasteiger partial charge in [0.15, 0.2) is 0 Å². The largest absolute Gasteiger partial charge is 0.634 e. The van der Waals surface area contributed by atoms with Gasteiger partial charge in [0.2, 0.25) is 0 Å². The molecule has 0 aromatic heterocycles. The third kappa shape index (κ3) is 0.924. The summed E-state index contributed by atoms with van der Waals surface area (Å²) in [5.74, 6) is 0.743. The van der Waals surface area contributed by atoms with Gasteiger partial charge in [-0.15, -0.1) is 0 Å². The van der Waals surface area contributed by atoms with Crippen molar-refractivity contribution in [3.05, 3.63) is 5.21 Å². The summed E-state index contributed by atoms with van der Waals surface area (Å²) in [6.45, 7) is 3.85. The predicted molar refractivity (Wildman–Crippen MR) is 27.8 cm³/mol. The first kappa shape index (κ1) is 5.06. The van der Waals surface area contributed by atoms with E-state index >= 15 is 0 Å². The number of hydroxylamine groups is 2. The molecular formula is C5H11NO. The van der Waals surface area contributed by atoms with Crippen molar-refractivity contribution in [2.45, 2.75) is 13.3 Å². The lowest BCUT2D eigenvalue weighted by Crippen LogP contribution is -3.15. The highest BCUT2D eigenvalue weighted by Crippen LogP contribution is 2.00. The third-order valence-electron chi connectivity index (χ3n) is 1.61. The predicted octanol–water partition coefficient (Wildman–Crippen LogP) is -0.591. The molecule has 1 heterocycles. The Kier molecular flexibility index (Phi) is 1.30. The van der Waals surface area contributed by atoms with Crippen LogP contribution in [0.3, 0.4) is 0 Å². The molecule has 1 aliphatic rings. The first-order valence-electron chi connectivity index (χ1n) is 2.84. The van der Waals surface area contributed by atoms with Gasteiger partial charge in [-0.3, -0.25) is 0 Å². The SMILES string of the molecule is CCC1C[NH+]([O-])C1. The van der Waals surface area contributed by atoms with Crippen molar-refractivity contribution in [1.82, 2.24) is 0 Å². The van der Waals surface area contributed by atoms with Crippen molar-refractivity contribution in [2.75, 3.05) is 13.1 Å². The van der Waals surface area contributed by atoms with E-state index in [1.165, 1.54) is 6.42 Å². The smallest absolute Gasteiger partial charge is 0.0851 e. The first-order valence-corrected chi connectivity index (χ1v) is 2.84. The third-order valence-corrected chi connectivity index (χ3v) is 1.61. The minimum Gasteiger partial charge on any atom is -0.634 e. The average molecular weight is 101 g/mol. The van der Waals surface area contributed by atoms with Crippen LogP contribution in [-0.4, -0.2) is 13.1 Å². The lowest BCUT2D eigenvalue weighted by molar-refractivity contribution is -0.902. The van der Waals surface area contributed by atoms with E-state index in [-0.39, 0.29) is 0 Å². The molecule has 0 saturated carbocycles. The standard InChI is InChI=1S/C5H11NO/c1-2-5-3-6(7)4-5/h5-6H,2-4H2,1H3. The van der Waals surface area contributed by atoms with Gasteiger partial charge in [-0.2, -0.15) is 0 Å². The van der Waals surface area contributed by atoms with E-state index in [0.717, 1.165) is 19.0 Å². The van der Waals surface area contributed by atoms with E-state index in [4.69, 9.17) is 0 Å². The highest BCUT2D eigenvalue weighted by Gasteiger charge is 2.22. The molecule has 7 heavy (non-hydrogen) atoms. The molecule has 1 saturated heterocycles. The Morgan fingerprint density at radius 3 is 2.43 bits per heavy atom. The fourth-order valence-electron chi connectivity index (χ4n) is 0.873. The van der Waals surface area contributed by atoms with Crippen molar-refractivity contribution in [2.24, 2.45) is 5.92 Å². The van der Waals surface area contributed by atoms with Crippen LogP contribution in [0.15, 0.2) is 0 Å². The Labute approximate surface area is 43.7 Å². The van der Waals surface area contributed by atoms with Crippen LogP contribution in [0, 0.1) is 11.1 Å². The van der Waals surface area contributed by atoms with E-state index in [9.17, 15) is 5.21 Å². The van der Waals surface area contributed by atoms with Crippen LogP contribution in [0.5, 0.6) is 0 Å². The lowest BCUT2D eigenvalue weighted by atomic mass is 10.0. The zero-order chi connectivity index (χ0) is 5.28. The van der Waals surface area contributed by atoms with Crippen LogP contribution in [0.25, 0.3) is 0 Å². The van der Waals surface area contributed by atoms with Gasteiger partial charge >= 0.3 is 0 Å². The summed E-state index contributed by atoms with van der Waals surface area (Å²) in [6.07, 6.45) is 1.19. The van der Waals surface area contributed by atoms with E-state index in [1.54, 1.807) is 0 Å². The van der Waals surface area contributed by atoms with Gasteiger partial charge in [-0.25, -0.2) is 0 Å². The summed E-state index contributed by atoms with van der Waals surface area (Å²) in [5.41, 5.74) is 0. The Morgan fingerprint density at radius 2 is 2.29 bits per heavy atom. The topological polar surface area (TPSA) is 27.5 Å². The van der Waals surface area contributed by atoms with Crippen molar-refractivity contribution < 1.29 is 5.06 Å². The molecular weight excluding hydrogens is 90.1 g/mol. The molecule has 0 radical (unpaired) electrons. The molecule has 2 heteroatoms. The molecule has 1 fully saturated rings. The van der Waals surface area contributed by atoms with Gasteiger partial charge in [-0.1, -0.05) is 6.92 Å². The van der Waals surface area contributed by atoms with Crippen molar-refractivity contribution in [3.8, 4) is 0 Å². The van der Waals surface area contributed by atoms with Crippen LogP contribution in [0.2, 0.25) is 0 Å². The molecule has 42 valence electrons. The highest BCUT2D eigenvalue weighted by atomic mass is 16.5. The van der Waals surface area contributed by atoms with Crippen LogP contribution in [0.1, 0.15) is 13.3 Å². The number of rotatable bonds is 1. The fourth-order valence-corrected chi connectivity index (χ4v) is 0.873. The first-order chi connectivity index (χ1) is 3.33. The van der Waals surface area contributed by atoms with E-state index in [2.05, 4.69) is 6.92 Å². The molecule has 2 nitrogen and oxygen atoms in total. The molecule has 1 N–H and O–H groups in total. The van der Waals surface area contributed by atoms with Crippen LogP contribution < -0.4 is 5.06 Å². The zero-order valence-electron chi connectivity index (χ0n) is 4.61. The number of hydrogen-bond donors (Lipinski definition) is 1. The normalized spacial score (nSPS) is 40.3. The average Bonchev–Trinajstić information content (AvgIpc) is 1.58. The maximum Gasteiger partial charge on any atom is 0.0851 e. The van der Waals surface area contributed by atoms with Gasteiger partial charge in [0, 0.05) is 0 Å². The molecule has 1 rings (SSSR count). The van der Waals surface area contributed by atoms with Gasteiger partial charge < -0.3 is 10.3 Å². The Morgan fingerprint density at radius 1 is 1.71 bits per heavy atom. The summed E-state index contributed by atoms with van der Waals surface area (Å²) in [4.78, 5) is 0. The number of quaternary nitrogens is 1. The Bertz CT molecular complexity index is 59.1. The molecule has 0 bridgehead atoms. The Hall–Kier alpha value is -0.0800. The van der Waals surface area contributed by atoms with Gasteiger partial charge in [0.1, 0.15) is 0 Å². The summed E-state index contributed by atoms with van der Waals surface area (Å²) in [6, 6.07) is 0. The molecule has 1 aliphatic heterocycles. The summed E-state index contributed by atoms with van der Waals surface area (Å²) >= 11 is 0. The second-order valence-electron chi connectivity index (χ2n) is 2.22. The van der Waals surface area contributed by atoms with E-state index in [0.29, 0.717) is 5.06 Å². The molecule has 0 aromatic rings. The monoisotopic (exact) mass is 101 g/mol. The molecule has 0 unspecified atom stereocenters. The van der Waals surface area contributed by atoms with Crippen LogP contribution in [-0.2, 0) is 0 Å². The van der Waals surface area contributed by atoms with Crippen molar-refractivity contribution >= 4 is 0 Å². The van der Waals surface area contributed by atoms with Gasteiger partial charge in [0.25, 0.3) is 0 Å². The number of hydrogen-bond acceptors (Lipinski definition) is 1. The van der Waals surface area contributed by atoms with Gasteiger partial charge in [0.05, 0.1) is 19.0 Å². The Balaban J connectivity index is 2.06. The second kappa shape index (κ2) is 1.80. The molecule has 0 aliphatic carbocycles. The molecule has 0 aromatic carbocycles. The maximum atomic E-state index is 10.3. The summed E-state index contributed by atoms with van der Waals surface area (Å²) in [5, 5.41) is 10.7. The maximum absolute atomic E-state index is 10.3. The summed E-state index contributed by atoms with van der Waals surface area (Å²) < 4.78 is 0. The number of nitrogens with one attached hydrogen (secondary N) is 1. The van der Waals surface area contributed by atoms with E-state index < -0.39 is 0 Å². The quantitative estimate of drug-likeness (QED) is 0.439. The molecule has 0 atom stereocenters. The minimum atomic E-state index is 0.451. The highest BCUT2D eigenvalue weighted by molar-refractivity contribution is 4.59. The zero-order valence-corrected chi connectivity index (χ0v) is 4.61. The van der Waals surface area contributed by atoms with Gasteiger partial charge in [-0.05, 0) is 6.42 Å². The summed E-state index contributed by atoms with van der Waals surface area (Å²) in [7, 11) is 0. The second-order valence-corrected chi connectivity index (χ2v) is 2.22. The molecule has 0 amide bonds. The minimum absolute atomic E-state index is 0.451. The van der Waals surface area contributed by atoms with Crippen LogP contribution >= 0.6 is 0 Å². The van der Waals surface area contributed by atoms with Crippen LogP contribution in [0.4, 0.5) is 0 Å². The van der Waals surface area contributed by atoms with E-state index in [1.807, 2.05) is 0 Å². The van der Waals surface area contributed by atoms with Crippen molar-refractivity contribution in [3.63, 3.8) is 0 Å².